The molecule has 4 bridgehead atoms. The predicted octanol–water partition coefficient (Wildman–Crippen LogP) is 2.87. The van der Waals surface area contributed by atoms with Crippen LogP contribution in [0.25, 0.3) is 0 Å². The summed E-state index contributed by atoms with van der Waals surface area (Å²) in [5.41, 5.74) is 0.503. The minimum Gasteiger partial charge on any atom is -0.387 e. The van der Waals surface area contributed by atoms with Crippen LogP contribution in [0.15, 0.2) is 11.8 Å². The van der Waals surface area contributed by atoms with Crippen molar-refractivity contribution < 1.29 is 4.79 Å². The number of hydrogen-bond donors (Lipinski definition) is 2. The Bertz CT molecular complexity index is 534. The van der Waals surface area contributed by atoms with Gasteiger partial charge in [-0.2, -0.15) is 5.26 Å². The topological polar surface area (TPSA) is 64.9 Å². The van der Waals surface area contributed by atoms with Gasteiger partial charge in [0.15, 0.2) is 0 Å². The van der Waals surface area contributed by atoms with Crippen molar-refractivity contribution >= 4 is 5.91 Å². The van der Waals surface area contributed by atoms with E-state index in [1.807, 2.05) is 0 Å². The number of carbonyl (C=O) groups excluding carboxylic acids is 1. The lowest BCUT2D eigenvalue weighted by molar-refractivity contribution is -0.122. The van der Waals surface area contributed by atoms with Gasteiger partial charge in [0.25, 0.3) is 5.91 Å². The Morgan fingerprint density at radius 1 is 1.17 bits per heavy atom. The second kappa shape index (κ2) is 5.54. The summed E-state index contributed by atoms with van der Waals surface area (Å²) >= 11 is 0. The molecule has 0 radical (unpaired) electrons. The van der Waals surface area contributed by atoms with Crippen LogP contribution in [0.2, 0.25) is 0 Å². The molecule has 5 fully saturated rings. The average molecular weight is 313 g/mol. The Hall–Kier alpha value is -1.50. The molecule has 0 aromatic carbocycles. The SMILES string of the molecule is CC(NC(=O)/C(C#N)=C\NC1CC1)C12CC3CC(CC(C3)C1)C2. The van der Waals surface area contributed by atoms with Gasteiger partial charge in [0.2, 0.25) is 0 Å². The molecule has 4 nitrogen and oxygen atoms in total. The van der Waals surface area contributed by atoms with Crippen molar-refractivity contribution in [2.24, 2.45) is 23.2 Å². The highest BCUT2D eigenvalue weighted by Gasteiger charge is 2.53. The molecule has 1 atom stereocenters. The fourth-order valence-electron chi connectivity index (χ4n) is 5.74. The number of nitriles is 1. The first-order chi connectivity index (χ1) is 11.1. The molecule has 0 spiro atoms. The highest BCUT2D eigenvalue weighted by molar-refractivity contribution is 5.97. The van der Waals surface area contributed by atoms with Crippen molar-refractivity contribution in [3.05, 3.63) is 11.8 Å². The van der Waals surface area contributed by atoms with E-state index in [0.29, 0.717) is 6.04 Å². The number of nitrogens with one attached hydrogen (secondary N) is 2. The van der Waals surface area contributed by atoms with E-state index in [9.17, 15) is 10.1 Å². The van der Waals surface area contributed by atoms with E-state index in [0.717, 1.165) is 30.6 Å². The molecule has 5 aliphatic rings. The van der Waals surface area contributed by atoms with Crippen LogP contribution in [-0.4, -0.2) is 18.0 Å². The Kier molecular flexibility index (Phi) is 3.63. The van der Waals surface area contributed by atoms with Crippen LogP contribution in [0.5, 0.6) is 0 Å². The van der Waals surface area contributed by atoms with Gasteiger partial charge in [-0.3, -0.25) is 4.79 Å². The normalized spacial score (nSPS) is 39.7. The van der Waals surface area contributed by atoms with E-state index < -0.39 is 0 Å². The third-order valence-electron chi connectivity index (χ3n) is 6.76. The Balaban J connectivity index is 1.42. The fourth-order valence-corrected chi connectivity index (χ4v) is 5.74. The van der Waals surface area contributed by atoms with E-state index in [4.69, 9.17) is 0 Å². The van der Waals surface area contributed by atoms with Gasteiger partial charge in [-0.05, 0) is 81.5 Å². The van der Waals surface area contributed by atoms with Crippen molar-refractivity contribution in [2.45, 2.75) is 70.4 Å². The number of nitrogens with zero attached hydrogens (tertiary/aromatic N) is 1. The summed E-state index contributed by atoms with van der Waals surface area (Å²) in [5.74, 6) is 2.43. The summed E-state index contributed by atoms with van der Waals surface area (Å²) in [4.78, 5) is 12.5. The van der Waals surface area contributed by atoms with E-state index >= 15 is 0 Å². The van der Waals surface area contributed by atoms with E-state index in [2.05, 4.69) is 23.6 Å². The molecule has 124 valence electrons. The van der Waals surface area contributed by atoms with E-state index in [1.54, 1.807) is 6.20 Å². The molecular weight excluding hydrogens is 286 g/mol. The minimum absolute atomic E-state index is 0.168. The zero-order valence-corrected chi connectivity index (χ0v) is 14.0. The maximum absolute atomic E-state index is 12.5. The van der Waals surface area contributed by atoms with Crippen LogP contribution in [0.3, 0.4) is 0 Å². The molecule has 4 heteroatoms. The number of carbonyl (C=O) groups is 1. The molecule has 5 saturated carbocycles. The molecule has 5 aliphatic carbocycles. The minimum atomic E-state index is -0.205. The van der Waals surface area contributed by atoms with Gasteiger partial charge in [-0.15, -0.1) is 0 Å². The molecule has 23 heavy (non-hydrogen) atoms. The van der Waals surface area contributed by atoms with Crippen molar-refractivity contribution in [3.8, 4) is 6.07 Å². The summed E-state index contributed by atoms with van der Waals surface area (Å²) in [6.07, 6.45) is 11.9. The number of hydrogen-bond acceptors (Lipinski definition) is 3. The first kappa shape index (κ1) is 15.1. The Labute approximate surface area is 138 Å². The van der Waals surface area contributed by atoms with Crippen molar-refractivity contribution in [2.75, 3.05) is 0 Å². The van der Waals surface area contributed by atoms with Crippen LogP contribution >= 0.6 is 0 Å². The van der Waals surface area contributed by atoms with Crippen molar-refractivity contribution in [1.82, 2.24) is 10.6 Å². The van der Waals surface area contributed by atoms with Crippen LogP contribution in [0.4, 0.5) is 0 Å². The highest BCUT2D eigenvalue weighted by Crippen LogP contribution is 2.61. The summed E-state index contributed by atoms with van der Waals surface area (Å²) in [6, 6.07) is 2.68. The summed E-state index contributed by atoms with van der Waals surface area (Å²) in [7, 11) is 0. The van der Waals surface area contributed by atoms with Crippen LogP contribution < -0.4 is 10.6 Å². The van der Waals surface area contributed by atoms with Crippen molar-refractivity contribution in [3.63, 3.8) is 0 Å². The Morgan fingerprint density at radius 3 is 2.22 bits per heavy atom. The summed E-state index contributed by atoms with van der Waals surface area (Å²) < 4.78 is 0. The van der Waals surface area contributed by atoms with E-state index in [1.165, 1.54) is 38.5 Å². The zero-order valence-electron chi connectivity index (χ0n) is 14.0. The quantitative estimate of drug-likeness (QED) is 0.606. The van der Waals surface area contributed by atoms with Gasteiger partial charge < -0.3 is 10.6 Å². The average Bonchev–Trinajstić information content (AvgIpc) is 3.30. The van der Waals surface area contributed by atoms with Gasteiger partial charge >= 0.3 is 0 Å². The molecule has 0 heterocycles. The van der Waals surface area contributed by atoms with Gasteiger partial charge in [-0.1, -0.05) is 0 Å². The van der Waals surface area contributed by atoms with E-state index in [-0.39, 0.29) is 22.9 Å². The van der Waals surface area contributed by atoms with Gasteiger partial charge in [0, 0.05) is 18.3 Å². The molecule has 1 unspecified atom stereocenters. The first-order valence-electron chi connectivity index (χ1n) is 9.25. The molecule has 1 amide bonds. The Morgan fingerprint density at radius 2 is 1.74 bits per heavy atom. The molecule has 0 saturated heterocycles. The molecule has 5 rings (SSSR count). The van der Waals surface area contributed by atoms with Crippen LogP contribution in [0.1, 0.15) is 58.3 Å². The molecule has 2 N–H and O–H groups in total. The summed E-state index contributed by atoms with van der Waals surface area (Å²) in [6.45, 7) is 2.16. The number of rotatable bonds is 5. The van der Waals surface area contributed by atoms with Gasteiger partial charge in [0.05, 0.1) is 0 Å². The maximum atomic E-state index is 12.5. The number of amides is 1. The molecular formula is C19H27N3O. The fraction of sp³-hybridized carbons (Fsp3) is 0.789. The lowest BCUT2D eigenvalue weighted by Crippen LogP contribution is -2.56. The van der Waals surface area contributed by atoms with Gasteiger partial charge in [-0.25, -0.2) is 0 Å². The smallest absolute Gasteiger partial charge is 0.263 e. The maximum Gasteiger partial charge on any atom is 0.263 e. The van der Waals surface area contributed by atoms with Crippen LogP contribution in [-0.2, 0) is 4.79 Å². The lowest BCUT2D eigenvalue weighted by Gasteiger charge is -2.59. The van der Waals surface area contributed by atoms with Gasteiger partial charge in [0.1, 0.15) is 11.6 Å². The van der Waals surface area contributed by atoms with Crippen LogP contribution in [0, 0.1) is 34.5 Å². The lowest BCUT2D eigenvalue weighted by atomic mass is 9.48. The monoisotopic (exact) mass is 313 g/mol. The predicted molar refractivity (Wildman–Crippen MR) is 88.1 cm³/mol. The highest BCUT2D eigenvalue weighted by atomic mass is 16.1. The molecule has 0 aromatic rings. The summed E-state index contributed by atoms with van der Waals surface area (Å²) in [5, 5.41) is 15.6. The largest absolute Gasteiger partial charge is 0.387 e. The third-order valence-corrected chi connectivity index (χ3v) is 6.76. The van der Waals surface area contributed by atoms with Crippen molar-refractivity contribution in [1.29, 1.82) is 5.26 Å². The second-order valence-electron chi connectivity index (χ2n) is 8.59. The first-order valence-corrected chi connectivity index (χ1v) is 9.25. The molecule has 0 aromatic heterocycles. The second-order valence-corrected chi connectivity index (χ2v) is 8.59. The third kappa shape index (κ3) is 2.86. The zero-order chi connectivity index (χ0) is 16.0. The standard InChI is InChI=1S/C19H27N3O/c1-12(22-18(23)16(10-20)11-21-17-2-3-17)19-7-13-4-14(8-19)6-15(5-13)9-19/h11-15,17,21H,2-9H2,1H3,(H,22,23)/b16-11-. The molecule has 0 aliphatic heterocycles.